The fraction of sp³-hybridized carbons (Fsp3) is 0.611. The molecule has 1 aromatic rings. The summed E-state index contributed by atoms with van der Waals surface area (Å²) in [5.41, 5.74) is 0.950. The van der Waals surface area contributed by atoms with Crippen LogP contribution in [0.1, 0.15) is 52.0 Å². The minimum atomic E-state index is -0.372. The van der Waals surface area contributed by atoms with Crippen LogP contribution in [0.2, 0.25) is 0 Å². The lowest BCUT2D eigenvalue weighted by Crippen LogP contribution is -2.37. The molecule has 3 nitrogen and oxygen atoms in total. The third kappa shape index (κ3) is 8.38. The highest BCUT2D eigenvalue weighted by Crippen LogP contribution is 2.14. The molecule has 0 radical (unpaired) electrons. The number of carbonyl (C=O) groups excluding carboxylic acids is 1. The SMILES string of the molecule is CC(C)(C)OC(=O)N1CCCCCC1.Cc1ccccc1. The molecule has 1 amide bonds. The molecule has 0 aliphatic carbocycles. The van der Waals surface area contributed by atoms with Gasteiger partial charge in [0.15, 0.2) is 0 Å². The van der Waals surface area contributed by atoms with Crippen molar-refractivity contribution >= 4 is 6.09 Å². The van der Waals surface area contributed by atoms with Gasteiger partial charge in [-0.25, -0.2) is 4.79 Å². The Morgan fingerprint density at radius 1 is 1.00 bits per heavy atom. The van der Waals surface area contributed by atoms with Gasteiger partial charge in [-0.05, 0) is 40.5 Å². The first-order valence-electron chi connectivity index (χ1n) is 7.88. The van der Waals surface area contributed by atoms with Gasteiger partial charge in [0.2, 0.25) is 0 Å². The normalized spacial score (nSPS) is 15.5. The number of hydrogen-bond donors (Lipinski definition) is 0. The maximum Gasteiger partial charge on any atom is 0.410 e. The maximum atomic E-state index is 11.7. The van der Waals surface area contributed by atoms with Gasteiger partial charge in [-0.2, -0.15) is 0 Å². The first kappa shape index (κ1) is 17.5. The molecule has 118 valence electrons. The Morgan fingerprint density at radius 2 is 1.52 bits per heavy atom. The van der Waals surface area contributed by atoms with Crippen LogP contribution in [0.5, 0.6) is 0 Å². The lowest BCUT2D eigenvalue weighted by Gasteiger charge is -2.26. The van der Waals surface area contributed by atoms with Crippen LogP contribution < -0.4 is 0 Å². The Hall–Kier alpha value is -1.51. The number of benzene rings is 1. The third-order valence-corrected chi connectivity index (χ3v) is 3.20. The van der Waals surface area contributed by atoms with Gasteiger partial charge in [0.05, 0.1) is 0 Å². The minimum absolute atomic E-state index is 0.153. The van der Waals surface area contributed by atoms with Crippen molar-refractivity contribution in [3.05, 3.63) is 35.9 Å². The summed E-state index contributed by atoms with van der Waals surface area (Å²) < 4.78 is 5.32. The van der Waals surface area contributed by atoms with Crippen LogP contribution in [0, 0.1) is 6.92 Å². The molecular formula is C18H29NO2. The first-order chi connectivity index (χ1) is 9.88. The number of aryl methyl sites for hydroxylation is 1. The van der Waals surface area contributed by atoms with Gasteiger partial charge in [-0.3, -0.25) is 0 Å². The highest BCUT2D eigenvalue weighted by atomic mass is 16.6. The highest BCUT2D eigenvalue weighted by Gasteiger charge is 2.22. The zero-order chi connectivity index (χ0) is 15.7. The number of likely N-dealkylation sites (tertiary alicyclic amines) is 1. The molecule has 2 rings (SSSR count). The largest absolute Gasteiger partial charge is 0.444 e. The van der Waals surface area contributed by atoms with E-state index in [-0.39, 0.29) is 11.7 Å². The second kappa shape index (κ2) is 8.71. The summed E-state index contributed by atoms with van der Waals surface area (Å²) >= 11 is 0. The van der Waals surface area contributed by atoms with E-state index < -0.39 is 0 Å². The molecule has 21 heavy (non-hydrogen) atoms. The summed E-state index contributed by atoms with van der Waals surface area (Å²) in [5.74, 6) is 0. The topological polar surface area (TPSA) is 29.5 Å². The van der Waals surface area contributed by atoms with Crippen LogP contribution in [0.3, 0.4) is 0 Å². The summed E-state index contributed by atoms with van der Waals surface area (Å²) in [6.07, 6.45) is 4.54. The number of hydrogen-bond acceptors (Lipinski definition) is 2. The smallest absolute Gasteiger partial charge is 0.410 e. The molecule has 1 saturated heterocycles. The van der Waals surface area contributed by atoms with Crippen LogP contribution in [0.25, 0.3) is 0 Å². The number of carbonyl (C=O) groups is 1. The molecule has 1 aliphatic heterocycles. The van der Waals surface area contributed by atoms with Crippen molar-refractivity contribution in [3.63, 3.8) is 0 Å². The van der Waals surface area contributed by atoms with Crippen molar-refractivity contribution in [2.75, 3.05) is 13.1 Å². The summed E-state index contributed by atoms with van der Waals surface area (Å²) in [5, 5.41) is 0. The first-order valence-corrected chi connectivity index (χ1v) is 7.88. The zero-order valence-electron chi connectivity index (χ0n) is 13.9. The predicted octanol–water partition coefficient (Wildman–Crippen LogP) is 4.79. The van der Waals surface area contributed by atoms with Crippen LogP contribution >= 0.6 is 0 Å². The molecule has 1 aliphatic rings. The van der Waals surface area contributed by atoms with Gasteiger partial charge in [0.25, 0.3) is 0 Å². The van der Waals surface area contributed by atoms with E-state index in [0.717, 1.165) is 25.9 Å². The Labute approximate surface area is 129 Å². The number of ether oxygens (including phenoxy) is 1. The zero-order valence-corrected chi connectivity index (χ0v) is 13.9. The molecule has 1 aromatic carbocycles. The monoisotopic (exact) mass is 291 g/mol. The minimum Gasteiger partial charge on any atom is -0.444 e. The van der Waals surface area contributed by atoms with E-state index >= 15 is 0 Å². The highest BCUT2D eigenvalue weighted by molar-refractivity contribution is 5.68. The van der Waals surface area contributed by atoms with Gasteiger partial charge in [-0.15, -0.1) is 0 Å². The van der Waals surface area contributed by atoms with Crippen molar-refractivity contribution in [1.82, 2.24) is 4.90 Å². The standard InChI is InChI=1S/C11H21NO2.C7H8/c1-11(2,3)14-10(13)12-8-6-4-5-7-9-12;1-7-5-3-2-4-6-7/h4-9H2,1-3H3;2-6H,1H3. The van der Waals surface area contributed by atoms with E-state index in [1.54, 1.807) is 0 Å². The van der Waals surface area contributed by atoms with E-state index in [0.29, 0.717) is 0 Å². The van der Waals surface area contributed by atoms with Crippen LogP contribution in [-0.4, -0.2) is 29.7 Å². The van der Waals surface area contributed by atoms with Crippen molar-refractivity contribution in [2.24, 2.45) is 0 Å². The molecule has 0 bridgehead atoms. The fourth-order valence-corrected chi connectivity index (χ4v) is 2.11. The van der Waals surface area contributed by atoms with E-state index in [1.807, 2.05) is 43.9 Å². The summed E-state index contributed by atoms with van der Waals surface area (Å²) in [6.45, 7) is 9.51. The summed E-state index contributed by atoms with van der Waals surface area (Å²) in [4.78, 5) is 13.5. The Balaban J connectivity index is 0.000000262. The fourth-order valence-electron chi connectivity index (χ4n) is 2.11. The van der Waals surface area contributed by atoms with Crippen molar-refractivity contribution in [1.29, 1.82) is 0 Å². The molecule has 0 N–H and O–H groups in total. The van der Waals surface area contributed by atoms with Crippen LogP contribution in [-0.2, 0) is 4.74 Å². The number of amides is 1. The second-order valence-corrected chi connectivity index (χ2v) is 6.54. The summed E-state index contributed by atoms with van der Waals surface area (Å²) in [7, 11) is 0. The Kier molecular flexibility index (Phi) is 7.27. The van der Waals surface area contributed by atoms with Crippen molar-refractivity contribution < 1.29 is 9.53 Å². The quantitative estimate of drug-likeness (QED) is 0.687. The lowest BCUT2D eigenvalue weighted by atomic mass is 10.2. The van der Waals surface area contributed by atoms with Gasteiger partial charge >= 0.3 is 6.09 Å². The average Bonchev–Trinajstić information content (AvgIpc) is 2.67. The Morgan fingerprint density at radius 3 is 1.90 bits per heavy atom. The molecule has 1 fully saturated rings. The number of rotatable bonds is 0. The molecule has 1 heterocycles. The van der Waals surface area contributed by atoms with Gasteiger partial charge in [-0.1, -0.05) is 48.7 Å². The number of nitrogens with zero attached hydrogens (tertiary/aromatic N) is 1. The van der Waals surface area contributed by atoms with Crippen molar-refractivity contribution in [3.8, 4) is 0 Å². The van der Waals surface area contributed by atoms with Gasteiger partial charge in [0, 0.05) is 13.1 Å². The van der Waals surface area contributed by atoms with E-state index in [2.05, 4.69) is 19.1 Å². The van der Waals surface area contributed by atoms with E-state index in [4.69, 9.17) is 4.74 Å². The second-order valence-electron chi connectivity index (χ2n) is 6.54. The molecule has 3 heteroatoms. The molecule has 0 aromatic heterocycles. The molecule has 0 atom stereocenters. The van der Waals surface area contributed by atoms with Crippen LogP contribution in [0.4, 0.5) is 4.79 Å². The van der Waals surface area contributed by atoms with Crippen LogP contribution in [0.15, 0.2) is 30.3 Å². The van der Waals surface area contributed by atoms with E-state index in [1.165, 1.54) is 18.4 Å². The molecule has 0 saturated carbocycles. The average molecular weight is 291 g/mol. The third-order valence-electron chi connectivity index (χ3n) is 3.20. The van der Waals surface area contributed by atoms with E-state index in [9.17, 15) is 4.79 Å². The maximum absolute atomic E-state index is 11.7. The molecule has 0 unspecified atom stereocenters. The molecule has 0 spiro atoms. The van der Waals surface area contributed by atoms with Gasteiger partial charge < -0.3 is 9.64 Å². The lowest BCUT2D eigenvalue weighted by molar-refractivity contribution is 0.0257. The van der Waals surface area contributed by atoms with Gasteiger partial charge in [0.1, 0.15) is 5.60 Å². The summed E-state index contributed by atoms with van der Waals surface area (Å²) in [6, 6.07) is 10.3. The van der Waals surface area contributed by atoms with Crippen molar-refractivity contribution in [2.45, 2.75) is 59.0 Å². The Bertz CT molecular complexity index is 401. The molecular weight excluding hydrogens is 262 g/mol. The predicted molar refractivity (Wildman–Crippen MR) is 87.5 cm³/mol.